The van der Waals surface area contributed by atoms with Gasteiger partial charge in [0.1, 0.15) is 17.7 Å². The van der Waals surface area contributed by atoms with E-state index in [1.54, 1.807) is 41.3 Å². The number of nitrogens with one attached hydrogen (secondary N) is 1. The first-order valence-electron chi connectivity index (χ1n) is 11.1. The van der Waals surface area contributed by atoms with E-state index in [4.69, 9.17) is 10.5 Å². The highest BCUT2D eigenvalue weighted by molar-refractivity contribution is 7.14. The first-order valence-corrected chi connectivity index (χ1v) is 11.9. The molecule has 1 saturated heterocycles. The van der Waals surface area contributed by atoms with Crippen molar-refractivity contribution in [2.75, 3.05) is 23.8 Å². The topological polar surface area (TPSA) is 165 Å². The van der Waals surface area contributed by atoms with Gasteiger partial charge in [-0.25, -0.2) is 4.68 Å². The third kappa shape index (κ3) is 3.52. The number of rotatable bonds is 4. The Morgan fingerprint density at radius 2 is 2.17 bits per heavy atom. The van der Waals surface area contributed by atoms with Crippen LogP contribution >= 0.6 is 11.5 Å². The zero-order valence-electron chi connectivity index (χ0n) is 19.0. The fraction of sp³-hybridized carbons (Fsp3) is 0.217. The lowest BCUT2D eigenvalue weighted by Crippen LogP contribution is -2.50. The number of fused-ring (bicyclic) bond motifs is 3. The largest absolute Gasteiger partial charge is 0.382 e. The van der Waals surface area contributed by atoms with Crippen LogP contribution in [0.1, 0.15) is 17.6 Å². The second-order valence-corrected chi connectivity index (χ2v) is 9.13. The number of anilines is 2. The summed E-state index contributed by atoms with van der Waals surface area (Å²) in [7, 11) is 0. The zero-order valence-corrected chi connectivity index (χ0v) is 19.8. The number of ether oxygens (including phenoxy) is 1. The van der Waals surface area contributed by atoms with Crippen molar-refractivity contribution >= 4 is 50.1 Å². The number of morpholine rings is 1. The Hall–Kier alpha value is -4.20. The average molecular weight is 505 g/mol. The molecule has 13 heteroatoms. The van der Waals surface area contributed by atoms with Crippen LogP contribution in [0.2, 0.25) is 0 Å². The molecule has 0 aliphatic carbocycles. The van der Waals surface area contributed by atoms with Crippen molar-refractivity contribution in [1.29, 1.82) is 0 Å². The number of H-pyrrole nitrogens is 1. The van der Waals surface area contributed by atoms with Gasteiger partial charge in [0.2, 0.25) is 0 Å². The Labute approximate surface area is 207 Å². The average Bonchev–Trinajstić information content (AvgIpc) is 3.46. The lowest BCUT2D eigenvalue weighted by Gasteiger charge is -2.32. The number of nitrogens with two attached hydrogens (primary N) is 1. The number of aryl methyl sites for hydroxylation is 1. The highest BCUT2D eigenvalue weighted by atomic mass is 32.1. The normalized spacial score (nSPS) is 17.2. The standard InChI is InChI=1S/C23H20N8O4S/c1-11-9-15(28-31(11)12-3-2-6-25-10-12)30-7-8-35-18(23(30)34)17(32)21-26-14-5-4-13-19(36-29-20(13)24)16(14)22(33)27-21/h2-6,9-10,17-18,32H,7-8H2,1H3,(H2,24,29)(H,26,27,33)/t17-,18-/m1/s1. The van der Waals surface area contributed by atoms with Crippen LogP contribution in [-0.2, 0) is 9.53 Å². The van der Waals surface area contributed by atoms with E-state index in [9.17, 15) is 14.7 Å². The summed E-state index contributed by atoms with van der Waals surface area (Å²) >= 11 is 1.10. The maximum absolute atomic E-state index is 13.4. The van der Waals surface area contributed by atoms with E-state index in [0.717, 1.165) is 22.9 Å². The molecule has 0 spiro atoms. The lowest BCUT2D eigenvalue weighted by atomic mass is 10.1. The van der Waals surface area contributed by atoms with E-state index in [1.807, 2.05) is 13.0 Å². The van der Waals surface area contributed by atoms with Crippen molar-refractivity contribution < 1.29 is 14.6 Å². The number of amides is 1. The summed E-state index contributed by atoms with van der Waals surface area (Å²) in [5, 5.41) is 16.6. The van der Waals surface area contributed by atoms with Crippen molar-refractivity contribution in [2.45, 2.75) is 19.1 Å². The summed E-state index contributed by atoms with van der Waals surface area (Å²) in [6, 6.07) is 8.86. The molecule has 1 amide bonds. The molecule has 5 aromatic rings. The molecule has 12 nitrogen and oxygen atoms in total. The molecule has 4 N–H and O–H groups in total. The van der Waals surface area contributed by atoms with Crippen LogP contribution in [0.3, 0.4) is 0 Å². The van der Waals surface area contributed by atoms with Crippen LogP contribution in [0, 0.1) is 6.92 Å². The van der Waals surface area contributed by atoms with Crippen LogP contribution in [-0.4, -0.2) is 59.4 Å². The van der Waals surface area contributed by atoms with Gasteiger partial charge in [0.05, 0.1) is 40.6 Å². The van der Waals surface area contributed by atoms with Gasteiger partial charge < -0.3 is 20.6 Å². The van der Waals surface area contributed by atoms with Crippen molar-refractivity contribution in [3.05, 3.63) is 64.6 Å². The number of hydrogen-bond acceptors (Lipinski definition) is 10. The van der Waals surface area contributed by atoms with E-state index in [0.29, 0.717) is 32.6 Å². The molecule has 0 saturated carbocycles. The molecule has 182 valence electrons. The Morgan fingerprint density at radius 3 is 2.97 bits per heavy atom. The summed E-state index contributed by atoms with van der Waals surface area (Å²) in [5.41, 5.74) is 7.33. The highest BCUT2D eigenvalue weighted by Gasteiger charge is 2.39. The summed E-state index contributed by atoms with van der Waals surface area (Å²) < 4.78 is 12.0. The van der Waals surface area contributed by atoms with Crippen LogP contribution < -0.4 is 16.2 Å². The van der Waals surface area contributed by atoms with E-state index >= 15 is 0 Å². The minimum absolute atomic E-state index is 0.0680. The SMILES string of the molecule is Cc1cc(N2CCO[C@H]([C@@H](O)c3nc(=O)c4c(ccc5c(N)nsc54)[nH]3)C2=O)nn1-c1cccnc1. The van der Waals surface area contributed by atoms with Gasteiger partial charge >= 0.3 is 0 Å². The fourth-order valence-corrected chi connectivity index (χ4v) is 5.19. The number of nitrogen functional groups attached to an aromatic ring is 1. The van der Waals surface area contributed by atoms with Crippen LogP contribution in [0.4, 0.5) is 11.6 Å². The zero-order chi connectivity index (χ0) is 25.0. The smallest absolute Gasteiger partial charge is 0.282 e. The molecule has 2 atom stereocenters. The van der Waals surface area contributed by atoms with Gasteiger partial charge in [0.15, 0.2) is 11.9 Å². The number of aliphatic hydroxyl groups is 1. The number of pyridine rings is 1. The van der Waals surface area contributed by atoms with Gasteiger partial charge in [-0.1, -0.05) is 0 Å². The molecule has 0 bridgehead atoms. The van der Waals surface area contributed by atoms with Gasteiger partial charge in [-0.3, -0.25) is 19.5 Å². The Bertz CT molecular complexity index is 1680. The Kier molecular flexibility index (Phi) is 5.25. The highest BCUT2D eigenvalue weighted by Crippen LogP contribution is 2.31. The van der Waals surface area contributed by atoms with E-state index < -0.39 is 23.7 Å². The molecule has 6 rings (SSSR count). The van der Waals surface area contributed by atoms with Crippen molar-refractivity contribution in [3.63, 3.8) is 0 Å². The predicted molar refractivity (Wildman–Crippen MR) is 133 cm³/mol. The van der Waals surface area contributed by atoms with Crippen LogP contribution in [0.25, 0.3) is 26.7 Å². The predicted octanol–water partition coefficient (Wildman–Crippen LogP) is 1.47. The molecule has 1 aromatic carbocycles. The second-order valence-electron chi connectivity index (χ2n) is 8.35. The number of hydrogen-bond donors (Lipinski definition) is 3. The van der Waals surface area contributed by atoms with Crippen LogP contribution in [0.5, 0.6) is 0 Å². The summed E-state index contributed by atoms with van der Waals surface area (Å²) in [4.78, 5) is 38.8. The summed E-state index contributed by atoms with van der Waals surface area (Å²) in [5.74, 6) is 0.203. The van der Waals surface area contributed by atoms with E-state index in [-0.39, 0.29) is 19.0 Å². The van der Waals surface area contributed by atoms with Crippen molar-refractivity contribution in [2.24, 2.45) is 0 Å². The maximum atomic E-state index is 13.4. The molecule has 4 aromatic heterocycles. The molecular formula is C23H20N8O4S. The molecule has 5 heterocycles. The monoisotopic (exact) mass is 504 g/mol. The summed E-state index contributed by atoms with van der Waals surface area (Å²) in [6.07, 6.45) is 0.571. The third-order valence-electron chi connectivity index (χ3n) is 6.10. The Balaban J connectivity index is 1.32. The number of aromatic nitrogens is 6. The quantitative estimate of drug-likeness (QED) is 0.328. The summed E-state index contributed by atoms with van der Waals surface area (Å²) in [6.45, 7) is 2.31. The van der Waals surface area contributed by atoms with Crippen molar-refractivity contribution in [1.82, 2.24) is 29.1 Å². The lowest BCUT2D eigenvalue weighted by molar-refractivity contribution is -0.143. The first-order chi connectivity index (χ1) is 17.4. The number of aromatic amines is 1. The second kappa shape index (κ2) is 8.48. The molecule has 1 aliphatic rings. The first kappa shape index (κ1) is 22.3. The van der Waals surface area contributed by atoms with Gasteiger partial charge in [0, 0.05) is 23.3 Å². The number of carbonyl (C=O) groups excluding carboxylic acids is 1. The minimum Gasteiger partial charge on any atom is -0.382 e. The Morgan fingerprint density at radius 1 is 1.31 bits per heavy atom. The molecule has 0 unspecified atom stereocenters. The van der Waals surface area contributed by atoms with Crippen molar-refractivity contribution in [3.8, 4) is 5.69 Å². The third-order valence-corrected chi connectivity index (χ3v) is 6.99. The molecule has 36 heavy (non-hydrogen) atoms. The van der Waals surface area contributed by atoms with Gasteiger partial charge in [-0.15, -0.1) is 5.10 Å². The number of nitrogens with zero attached hydrogens (tertiary/aromatic N) is 6. The number of aliphatic hydroxyl groups excluding tert-OH is 1. The van der Waals surface area contributed by atoms with E-state index in [1.165, 1.54) is 4.90 Å². The molecule has 0 radical (unpaired) electrons. The van der Waals surface area contributed by atoms with Crippen LogP contribution in [0.15, 0.2) is 47.5 Å². The van der Waals surface area contributed by atoms with Gasteiger partial charge in [-0.05, 0) is 42.7 Å². The van der Waals surface area contributed by atoms with Gasteiger partial charge in [-0.2, -0.15) is 9.36 Å². The van der Waals surface area contributed by atoms with E-state index in [2.05, 4.69) is 24.4 Å². The fourth-order valence-electron chi connectivity index (χ4n) is 4.34. The molecule has 1 fully saturated rings. The number of carbonyl (C=O) groups is 1. The maximum Gasteiger partial charge on any atom is 0.282 e. The number of benzene rings is 1. The van der Waals surface area contributed by atoms with Gasteiger partial charge in [0.25, 0.3) is 11.5 Å². The molecular weight excluding hydrogens is 484 g/mol. The minimum atomic E-state index is -1.50. The molecule has 1 aliphatic heterocycles.